The van der Waals surface area contributed by atoms with E-state index >= 15 is 0 Å². The van der Waals surface area contributed by atoms with E-state index in [-0.39, 0.29) is 30.7 Å². The predicted octanol–water partition coefficient (Wildman–Crippen LogP) is -0.159. The molecule has 3 amide bonds. The van der Waals surface area contributed by atoms with Gasteiger partial charge in [-0.15, -0.1) is 5.10 Å². The Labute approximate surface area is 119 Å². The van der Waals surface area contributed by atoms with Crippen LogP contribution in [0.5, 0.6) is 0 Å². The Kier molecular flexibility index (Phi) is 3.11. The van der Waals surface area contributed by atoms with E-state index in [9.17, 15) is 14.4 Å². The number of carboxylic acids is 1. The molecule has 0 radical (unpaired) electrons. The second-order valence-electron chi connectivity index (χ2n) is 5.35. The molecule has 3 rings (SSSR count). The predicted molar refractivity (Wildman–Crippen MR) is 68.4 cm³/mol. The first-order valence-electron chi connectivity index (χ1n) is 6.79. The van der Waals surface area contributed by atoms with Gasteiger partial charge in [-0.25, -0.2) is 14.3 Å². The second kappa shape index (κ2) is 4.83. The van der Waals surface area contributed by atoms with Crippen LogP contribution in [0.3, 0.4) is 0 Å². The highest BCUT2D eigenvalue weighted by Crippen LogP contribution is 2.34. The topological polar surface area (TPSA) is 117 Å². The number of nitrogens with zero attached hydrogens (tertiary/aromatic N) is 4. The van der Waals surface area contributed by atoms with E-state index in [1.165, 1.54) is 15.8 Å². The molecule has 2 aliphatic rings. The molecule has 9 heteroatoms. The van der Waals surface area contributed by atoms with E-state index in [4.69, 9.17) is 5.11 Å². The Bertz CT molecular complexity index is 605. The highest BCUT2D eigenvalue weighted by Gasteiger charge is 2.52. The van der Waals surface area contributed by atoms with Gasteiger partial charge in [-0.2, -0.15) is 0 Å². The third kappa shape index (κ3) is 2.24. The highest BCUT2D eigenvalue weighted by molar-refractivity contribution is 6.07. The SMILES string of the molecule is O=C(O)c1cn(CCN2C(=O)NC3(CCCC3)C2=O)nn1. The van der Waals surface area contributed by atoms with E-state index in [2.05, 4.69) is 15.6 Å². The number of amides is 3. The van der Waals surface area contributed by atoms with E-state index in [0.29, 0.717) is 12.8 Å². The Morgan fingerprint density at radius 1 is 1.33 bits per heavy atom. The van der Waals surface area contributed by atoms with Crippen LogP contribution in [-0.4, -0.2) is 55.0 Å². The van der Waals surface area contributed by atoms with Crippen LogP contribution in [0.15, 0.2) is 6.20 Å². The van der Waals surface area contributed by atoms with Crippen molar-refractivity contribution in [2.24, 2.45) is 0 Å². The van der Waals surface area contributed by atoms with Gasteiger partial charge < -0.3 is 10.4 Å². The number of imide groups is 1. The molecule has 1 aromatic heterocycles. The Morgan fingerprint density at radius 2 is 2.05 bits per heavy atom. The summed E-state index contributed by atoms with van der Waals surface area (Å²) < 4.78 is 1.31. The van der Waals surface area contributed by atoms with Crippen molar-refractivity contribution >= 4 is 17.9 Å². The van der Waals surface area contributed by atoms with Crippen LogP contribution in [0.1, 0.15) is 36.2 Å². The number of aromatic carboxylic acids is 1. The van der Waals surface area contributed by atoms with Gasteiger partial charge in [0.2, 0.25) is 0 Å². The minimum absolute atomic E-state index is 0.148. The average molecular weight is 293 g/mol. The highest BCUT2D eigenvalue weighted by atomic mass is 16.4. The number of carbonyl (C=O) groups is 3. The van der Waals surface area contributed by atoms with Gasteiger partial charge in [0, 0.05) is 0 Å². The standard InChI is InChI=1S/C12H15N5O4/c18-9(19)8-7-16(15-14-8)5-6-17-10(20)12(13-11(17)21)3-1-2-4-12/h7H,1-6H2,(H,13,21)(H,18,19). The van der Waals surface area contributed by atoms with Crippen molar-refractivity contribution < 1.29 is 19.5 Å². The lowest BCUT2D eigenvalue weighted by molar-refractivity contribution is -0.131. The van der Waals surface area contributed by atoms with Crippen LogP contribution in [0.2, 0.25) is 0 Å². The molecule has 2 fully saturated rings. The molecule has 112 valence electrons. The lowest BCUT2D eigenvalue weighted by atomic mass is 9.98. The molecule has 2 N–H and O–H groups in total. The minimum Gasteiger partial charge on any atom is -0.476 e. The van der Waals surface area contributed by atoms with Gasteiger partial charge in [0.05, 0.1) is 19.3 Å². The lowest BCUT2D eigenvalue weighted by Gasteiger charge is -2.19. The van der Waals surface area contributed by atoms with Gasteiger partial charge in [-0.05, 0) is 12.8 Å². The van der Waals surface area contributed by atoms with Crippen LogP contribution < -0.4 is 5.32 Å². The first-order valence-corrected chi connectivity index (χ1v) is 6.79. The van der Waals surface area contributed by atoms with Crippen LogP contribution in [0.4, 0.5) is 4.79 Å². The van der Waals surface area contributed by atoms with Crippen LogP contribution >= 0.6 is 0 Å². The molecule has 2 heterocycles. The summed E-state index contributed by atoms with van der Waals surface area (Å²) in [5.41, 5.74) is -0.884. The van der Waals surface area contributed by atoms with Crippen molar-refractivity contribution in [3.63, 3.8) is 0 Å². The van der Waals surface area contributed by atoms with Crippen molar-refractivity contribution in [2.45, 2.75) is 37.8 Å². The molecule has 21 heavy (non-hydrogen) atoms. The Morgan fingerprint density at radius 3 is 2.67 bits per heavy atom. The number of hydrogen-bond acceptors (Lipinski definition) is 5. The van der Waals surface area contributed by atoms with Crippen molar-refractivity contribution in [2.75, 3.05) is 6.54 Å². The maximum atomic E-state index is 12.4. The number of rotatable bonds is 4. The van der Waals surface area contributed by atoms with Gasteiger partial charge in [0.15, 0.2) is 5.69 Å². The normalized spacial score (nSPS) is 20.3. The van der Waals surface area contributed by atoms with Gasteiger partial charge in [0.25, 0.3) is 5.91 Å². The Balaban J connectivity index is 1.66. The molecule has 0 unspecified atom stereocenters. The zero-order chi connectivity index (χ0) is 15.0. The summed E-state index contributed by atoms with van der Waals surface area (Å²) in [5.74, 6) is -1.36. The van der Waals surface area contributed by atoms with Gasteiger partial charge in [-0.1, -0.05) is 18.1 Å². The van der Waals surface area contributed by atoms with Gasteiger partial charge >= 0.3 is 12.0 Å². The molecule has 1 aliphatic heterocycles. The molecule has 9 nitrogen and oxygen atoms in total. The number of aromatic nitrogens is 3. The maximum absolute atomic E-state index is 12.4. The molecular weight excluding hydrogens is 278 g/mol. The first-order chi connectivity index (χ1) is 10.0. The number of nitrogens with one attached hydrogen (secondary N) is 1. The van der Waals surface area contributed by atoms with Crippen LogP contribution in [-0.2, 0) is 11.3 Å². The molecule has 1 aromatic rings. The summed E-state index contributed by atoms with van der Waals surface area (Å²) >= 11 is 0. The fraction of sp³-hybridized carbons (Fsp3) is 0.583. The third-order valence-electron chi connectivity index (χ3n) is 4.01. The van der Waals surface area contributed by atoms with E-state index in [0.717, 1.165) is 12.8 Å². The van der Waals surface area contributed by atoms with Crippen LogP contribution in [0, 0.1) is 0 Å². The smallest absolute Gasteiger partial charge is 0.358 e. The minimum atomic E-state index is -1.17. The van der Waals surface area contributed by atoms with E-state index < -0.39 is 11.5 Å². The average Bonchev–Trinajstić information content (AvgIpc) is 3.12. The zero-order valence-electron chi connectivity index (χ0n) is 11.3. The summed E-state index contributed by atoms with van der Waals surface area (Å²) in [6.07, 6.45) is 4.50. The number of urea groups is 1. The van der Waals surface area contributed by atoms with Crippen LogP contribution in [0.25, 0.3) is 0 Å². The maximum Gasteiger partial charge on any atom is 0.358 e. The van der Waals surface area contributed by atoms with Crippen molar-refractivity contribution in [3.05, 3.63) is 11.9 Å². The fourth-order valence-corrected chi connectivity index (χ4v) is 2.90. The summed E-state index contributed by atoms with van der Waals surface area (Å²) in [6.45, 7) is 0.365. The number of carbonyl (C=O) groups excluding carboxylic acids is 2. The zero-order valence-corrected chi connectivity index (χ0v) is 11.3. The van der Waals surface area contributed by atoms with Crippen molar-refractivity contribution in [3.8, 4) is 0 Å². The molecule has 1 saturated heterocycles. The molecule has 1 aliphatic carbocycles. The monoisotopic (exact) mass is 293 g/mol. The summed E-state index contributed by atoms with van der Waals surface area (Å²) in [7, 11) is 0. The van der Waals surface area contributed by atoms with Gasteiger partial charge in [-0.3, -0.25) is 9.69 Å². The molecule has 0 bridgehead atoms. The van der Waals surface area contributed by atoms with E-state index in [1.54, 1.807) is 0 Å². The third-order valence-corrected chi connectivity index (χ3v) is 4.01. The first kappa shape index (κ1) is 13.5. The summed E-state index contributed by atoms with van der Waals surface area (Å²) in [6, 6.07) is -0.388. The molecule has 1 spiro atoms. The number of hydrogen-bond donors (Lipinski definition) is 2. The van der Waals surface area contributed by atoms with Crippen molar-refractivity contribution in [1.29, 1.82) is 0 Å². The Hall–Kier alpha value is -2.45. The molecular formula is C12H15N5O4. The molecule has 0 atom stereocenters. The number of carboxylic acid groups (broad SMARTS) is 1. The lowest BCUT2D eigenvalue weighted by Crippen LogP contribution is -2.44. The summed E-state index contributed by atoms with van der Waals surface area (Å²) in [4.78, 5) is 36.2. The van der Waals surface area contributed by atoms with Crippen molar-refractivity contribution in [1.82, 2.24) is 25.2 Å². The molecule has 1 saturated carbocycles. The fourth-order valence-electron chi connectivity index (χ4n) is 2.90. The quantitative estimate of drug-likeness (QED) is 0.745. The second-order valence-corrected chi connectivity index (χ2v) is 5.35. The van der Waals surface area contributed by atoms with Gasteiger partial charge in [0.1, 0.15) is 5.54 Å². The largest absolute Gasteiger partial charge is 0.476 e. The molecule has 0 aromatic carbocycles. The van der Waals surface area contributed by atoms with E-state index in [1.807, 2.05) is 0 Å². The summed E-state index contributed by atoms with van der Waals surface area (Å²) in [5, 5.41) is 18.7.